The molecule has 0 spiro atoms. The van der Waals surface area contributed by atoms with Gasteiger partial charge in [0.2, 0.25) is 0 Å². The molecule has 0 bridgehead atoms. The van der Waals surface area contributed by atoms with Crippen molar-refractivity contribution < 1.29 is 14.4 Å². The Morgan fingerprint density at radius 1 is 1.25 bits per heavy atom. The Labute approximate surface area is 92.9 Å². The zero-order valence-electron chi connectivity index (χ0n) is 9.06. The number of para-hydroxylation sites is 1. The number of benzene rings is 1. The summed E-state index contributed by atoms with van der Waals surface area (Å²) in [4.78, 5) is 35.9. The van der Waals surface area contributed by atoms with Crippen LogP contribution in [-0.2, 0) is 9.59 Å². The van der Waals surface area contributed by atoms with E-state index < -0.39 is 17.7 Å². The molecule has 2 rings (SSSR count). The molecule has 0 radical (unpaired) electrons. The number of rotatable bonds is 2. The fourth-order valence-corrected chi connectivity index (χ4v) is 1.78. The van der Waals surface area contributed by atoms with Crippen LogP contribution in [0.15, 0.2) is 24.3 Å². The summed E-state index contributed by atoms with van der Waals surface area (Å²) in [6.45, 7) is 3.03. The minimum Gasteiger partial charge on any atom is -0.298 e. The third kappa shape index (κ3) is 1.34. The number of hydrogen-bond donors (Lipinski definition) is 0. The van der Waals surface area contributed by atoms with Crippen molar-refractivity contribution in [3.05, 3.63) is 29.8 Å². The zero-order chi connectivity index (χ0) is 11.9. The van der Waals surface area contributed by atoms with E-state index in [4.69, 9.17) is 0 Å². The Hall–Kier alpha value is -1.97. The van der Waals surface area contributed by atoms with Gasteiger partial charge in [-0.2, -0.15) is 0 Å². The van der Waals surface area contributed by atoms with Gasteiger partial charge < -0.3 is 0 Å². The highest BCUT2D eigenvalue weighted by atomic mass is 16.2. The van der Waals surface area contributed by atoms with E-state index in [0.717, 1.165) is 0 Å². The Morgan fingerprint density at radius 2 is 1.88 bits per heavy atom. The van der Waals surface area contributed by atoms with Crippen LogP contribution in [0.3, 0.4) is 0 Å². The van der Waals surface area contributed by atoms with Gasteiger partial charge in [-0.15, -0.1) is 0 Å². The average Bonchev–Trinajstić information content (AvgIpc) is 2.52. The number of nitrogens with zero attached hydrogens (tertiary/aromatic N) is 1. The quantitative estimate of drug-likeness (QED) is 0.699. The van der Waals surface area contributed by atoms with Gasteiger partial charge >= 0.3 is 0 Å². The maximum Gasteiger partial charge on any atom is 0.300 e. The molecule has 4 nitrogen and oxygen atoms in total. The van der Waals surface area contributed by atoms with Gasteiger partial charge in [0.25, 0.3) is 11.7 Å². The van der Waals surface area contributed by atoms with Gasteiger partial charge in [-0.25, -0.2) is 0 Å². The normalized spacial score (nSPS) is 16.2. The Balaban J connectivity index is 2.53. The number of carbonyl (C=O) groups excluding carboxylic acids is 3. The van der Waals surface area contributed by atoms with E-state index in [-0.39, 0.29) is 5.78 Å². The van der Waals surface area contributed by atoms with Crippen LogP contribution in [0, 0.1) is 0 Å². The SMILES string of the molecule is CC(=O)C(C)N1C(=O)C(=O)c2ccccc21. The molecule has 0 aliphatic carbocycles. The van der Waals surface area contributed by atoms with E-state index in [1.165, 1.54) is 11.8 Å². The standard InChI is InChI=1S/C12H11NO3/c1-7(8(2)14)13-10-6-4-3-5-9(10)11(15)12(13)16/h3-7H,1-2H3. The molecular formula is C12H11NO3. The van der Waals surface area contributed by atoms with Crippen LogP contribution in [0.2, 0.25) is 0 Å². The van der Waals surface area contributed by atoms with Crippen LogP contribution in [0.4, 0.5) is 5.69 Å². The Morgan fingerprint density at radius 3 is 2.50 bits per heavy atom. The maximum atomic E-state index is 11.7. The first-order valence-corrected chi connectivity index (χ1v) is 5.01. The smallest absolute Gasteiger partial charge is 0.298 e. The molecular weight excluding hydrogens is 206 g/mol. The van der Waals surface area contributed by atoms with Crippen LogP contribution in [0.5, 0.6) is 0 Å². The van der Waals surface area contributed by atoms with Gasteiger partial charge in [0.05, 0.1) is 17.3 Å². The number of ketones is 2. The van der Waals surface area contributed by atoms with Gasteiger partial charge in [0.1, 0.15) is 0 Å². The molecule has 1 atom stereocenters. The summed E-state index contributed by atoms with van der Waals surface area (Å²) in [5.41, 5.74) is 0.904. The van der Waals surface area contributed by atoms with Gasteiger partial charge in [-0.1, -0.05) is 12.1 Å². The van der Waals surface area contributed by atoms with Crippen molar-refractivity contribution in [1.29, 1.82) is 0 Å². The summed E-state index contributed by atoms with van der Waals surface area (Å²) in [7, 11) is 0. The molecule has 1 aromatic carbocycles. The van der Waals surface area contributed by atoms with E-state index in [2.05, 4.69) is 0 Å². The number of anilines is 1. The molecule has 1 aromatic rings. The Kier molecular flexibility index (Phi) is 2.34. The van der Waals surface area contributed by atoms with Gasteiger partial charge in [-0.05, 0) is 26.0 Å². The molecule has 4 heteroatoms. The van der Waals surface area contributed by atoms with Gasteiger partial charge in [0, 0.05) is 0 Å². The lowest BCUT2D eigenvalue weighted by Crippen LogP contribution is -2.41. The van der Waals surface area contributed by atoms with Gasteiger partial charge in [0.15, 0.2) is 5.78 Å². The summed E-state index contributed by atoms with van der Waals surface area (Å²) in [6.07, 6.45) is 0. The van der Waals surface area contributed by atoms with E-state index in [9.17, 15) is 14.4 Å². The molecule has 1 aliphatic rings. The van der Waals surface area contributed by atoms with Crippen molar-refractivity contribution >= 4 is 23.2 Å². The molecule has 0 fully saturated rings. The lowest BCUT2D eigenvalue weighted by molar-refractivity contribution is -0.121. The lowest BCUT2D eigenvalue weighted by Gasteiger charge is -2.21. The van der Waals surface area contributed by atoms with Crippen LogP contribution in [-0.4, -0.2) is 23.5 Å². The first kappa shape index (κ1) is 10.5. The van der Waals surface area contributed by atoms with E-state index in [1.807, 2.05) is 0 Å². The average molecular weight is 217 g/mol. The predicted octanol–water partition coefficient (Wildman–Crippen LogP) is 1.19. The summed E-state index contributed by atoms with van der Waals surface area (Å²) in [5, 5.41) is 0. The number of carbonyl (C=O) groups is 3. The molecule has 16 heavy (non-hydrogen) atoms. The highest BCUT2D eigenvalue weighted by Gasteiger charge is 2.39. The third-order valence-corrected chi connectivity index (χ3v) is 2.80. The Bertz CT molecular complexity index is 493. The first-order valence-electron chi connectivity index (χ1n) is 5.01. The topological polar surface area (TPSA) is 54.5 Å². The summed E-state index contributed by atoms with van der Waals surface area (Å²) in [6, 6.07) is 6.12. The largest absolute Gasteiger partial charge is 0.300 e. The molecule has 1 aliphatic heterocycles. The molecule has 1 heterocycles. The molecule has 1 unspecified atom stereocenters. The van der Waals surface area contributed by atoms with Crippen molar-refractivity contribution in [2.24, 2.45) is 0 Å². The minimum atomic E-state index is -0.621. The van der Waals surface area contributed by atoms with Crippen molar-refractivity contribution in [1.82, 2.24) is 0 Å². The molecule has 0 saturated carbocycles. The number of hydrogen-bond acceptors (Lipinski definition) is 3. The van der Waals surface area contributed by atoms with Crippen LogP contribution in [0.25, 0.3) is 0 Å². The van der Waals surface area contributed by atoms with E-state index in [1.54, 1.807) is 31.2 Å². The second kappa shape index (κ2) is 3.56. The summed E-state index contributed by atoms with van der Waals surface area (Å²) >= 11 is 0. The number of Topliss-reactive ketones (excluding diaryl/α,β-unsaturated/α-hetero) is 2. The van der Waals surface area contributed by atoms with Crippen LogP contribution >= 0.6 is 0 Å². The van der Waals surface area contributed by atoms with Crippen molar-refractivity contribution in [3.63, 3.8) is 0 Å². The predicted molar refractivity (Wildman–Crippen MR) is 58.4 cm³/mol. The molecule has 1 amide bonds. The number of fused-ring (bicyclic) bond motifs is 1. The fourth-order valence-electron chi connectivity index (χ4n) is 1.78. The zero-order valence-corrected chi connectivity index (χ0v) is 9.06. The second-order valence-electron chi connectivity index (χ2n) is 3.81. The van der Waals surface area contributed by atoms with Crippen molar-refractivity contribution in [2.75, 3.05) is 4.90 Å². The molecule has 0 saturated heterocycles. The number of amides is 1. The van der Waals surface area contributed by atoms with Gasteiger partial charge in [-0.3, -0.25) is 19.3 Å². The molecule has 82 valence electrons. The van der Waals surface area contributed by atoms with E-state index >= 15 is 0 Å². The first-order chi connectivity index (χ1) is 7.54. The third-order valence-electron chi connectivity index (χ3n) is 2.80. The second-order valence-corrected chi connectivity index (χ2v) is 3.81. The highest BCUT2D eigenvalue weighted by Crippen LogP contribution is 2.30. The monoisotopic (exact) mass is 217 g/mol. The van der Waals surface area contributed by atoms with Crippen LogP contribution in [0.1, 0.15) is 24.2 Å². The summed E-state index contributed by atoms with van der Waals surface area (Å²) < 4.78 is 0. The summed E-state index contributed by atoms with van der Waals surface area (Å²) in [5.74, 6) is -1.30. The van der Waals surface area contributed by atoms with Crippen LogP contribution < -0.4 is 4.90 Å². The minimum absolute atomic E-state index is 0.141. The van der Waals surface area contributed by atoms with Crippen molar-refractivity contribution in [3.8, 4) is 0 Å². The molecule has 0 aromatic heterocycles. The lowest BCUT2D eigenvalue weighted by atomic mass is 10.1. The van der Waals surface area contributed by atoms with E-state index in [0.29, 0.717) is 11.3 Å². The maximum absolute atomic E-state index is 11.7. The molecule has 0 N–H and O–H groups in total. The fraction of sp³-hybridized carbons (Fsp3) is 0.250. The van der Waals surface area contributed by atoms with Crippen molar-refractivity contribution in [2.45, 2.75) is 19.9 Å². The highest BCUT2D eigenvalue weighted by molar-refractivity contribution is 6.52.